The SMILES string of the molecule is Cc1ccc(C)c(OCc2csc(C(=O)Nc3nc(-c4ccnn4C)cs3)c2)c1. The normalized spacial score (nSPS) is 10.9. The average Bonchev–Trinajstić information content (AvgIpc) is 3.43. The van der Waals surface area contributed by atoms with Crippen molar-refractivity contribution < 1.29 is 9.53 Å². The number of nitrogens with one attached hydrogen (secondary N) is 1. The topological polar surface area (TPSA) is 69.0 Å². The van der Waals surface area contributed by atoms with E-state index in [9.17, 15) is 4.79 Å². The third-order valence-electron chi connectivity index (χ3n) is 4.42. The Labute approximate surface area is 176 Å². The van der Waals surface area contributed by atoms with Gasteiger partial charge in [-0.15, -0.1) is 22.7 Å². The first-order valence-electron chi connectivity index (χ1n) is 9.02. The molecule has 1 aromatic carbocycles. The van der Waals surface area contributed by atoms with Gasteiger partial charge in [-0.05, 0) is 48.6 Å². The van der Waals surface area contributed by atoms with Crippen LogP contribution in [0.15, 0.2) is 47.3 Å². The zero-order chi connectivity index (χ0) is 20.4. The van der Waals surface area contributed by atoms with Crippen molar-refractivity contribution in [1.29, 1.82) is 0 Å². The van der Waals surface area contributed by atoms with Crippen LogP contribution in [0.25, 0.3) is 11.4 Å². The Morgan fingerprint density at radius 2 is 2.03 bits per heavy atom. The van der Waals surface area contributed by atoms with E-state index < -0.39 is 0 Å². The molecule has 1 N–H and O–H groups in total. The monoisotopic (exact) mass is 424 g/mol. The molecule has 4 rings (SSSR count). The minimum absolute atomic E-state index is 0.168. The molecule has 0 aliphatic heterocycles. The summed E-state index contributed by atoms with van der Waals surface area (Å²) in [5, 5.41) is 11.4. The Morgan fingerprint density at radius 3 is 2.83 bits per heavy atom. The largest absolute Gasteiger partial charge is 0.489 e. The summed E-state index contributed by atoms with van der Waals surface area (Å²) in [5.41, 5.74) is 4.92. The Balaban J connectivity index is 1.39. The van der Waals surface area contributed by atoms with E-state index in [-0.39, 0.29) is 5.91 Å². The maximum absolute atomic E-state index is 12.6. The average molecular weight is 425 g/mol. The number of thiazole rings is 1. The molecule has 3 heterocycles. The second-order valence-corrected chi connectivity index (χ2v) is 8.48. The van der Waals surface area contributed by atoms with E-state index in [1.54, 1.807) is 10.9 Å². The molecule has 0 saturated carbocycles. The summed E-state index contributed by atoms with van der Waals surface area (Å²) in [6, 6.07) is 9.89. The highest BCUT2D eigenvalue weighted by atomic mass is 32.1. The van der Waals surface area contributed by atoms with Crippen LogP contribution in [0.2, 0.25) is 0 Å². The Morgan fingerprint density at radius 1 is 1.17 bits per heavy atom. The second-order valence-electron chi connectivity index (χ2n) is 6.71. The highest BCUT2D eigenvalue weighted by Crippen LogP contribution is 2.26. The van der Waals surface area contributed by atoms with E-state index in [0.717, 1.165) is 33.8 Å². The van der Waals surface area contributed by atoms with Gasteiger partial charge in [-0.1, -0.05) is 12.1 Å². The molecule has 6 nitrogen and oxygen atoms in total. The van der Waals surface area contributed by atoms with E-state index in [0.29, 0.717) is 16.6 Å². The van der Waals surface area contributed by atoms with Crippen LogP contribution in [0.5, 0.6) is 5.75 Å². The van der Waals surface area contributed by atoms with Gasteiger partial charge in [-0.3, -0.25) is 14.8 Å². The van der Waals surface area contributed by atoms with Crippen LogP contribution in [0.4, 0.5) is 5.13 Å². The number of thiophene rings is 1. The van der Waals surface area contributed by atoms with Gasteiger partial charge in [-0.25, -0.2) is 4.98 Å². The fourth-order valence-electron chi connectivity index (χ4n) is 2.83. The number of hydrogen-bond donors (Lipinski definition) is 1. The molecule has 8 heteroatoms. The van der Waals surface area contributed by atoms with Crippen molar-refractivity contribution in [3.05, 3.63) is 68.9 Å². The summed E-state index contributed by atoms with van der Waals surface area (Å²) in [5.74, 6) is 0.701. The summed E-state index contributed by atoms with van der Waals surface area (Å²) in [7, 11) is 1.86. The van der Waals surface area contributed by atoms with Crippen molar-refractivity contribution in [2.45, 2.75) is 20.5 Å². The number of ether oxygens (including phenoxy) is 1. The molecule has 3 aromatic heterocycles. The number of amides is 1. The summed E-state index contributed by atoms with van der Waals surface area (Å²) >= 11 is 2.79. The van der Waals surface area contributed by atoms with Crippen molar-refractivity contribution in [2.24, 2.45) is 7.05 Å². The fourth-order valence-corrected chi connectivity index (χ4v) is 4.32. The maximum Gasteiger partial charge on any atom is 0.267 e. The molecule has 0 aliphatic carbocycles. The number of anilines is 1. The number of aromatic nitrogens is 3. The number of benzene rings is 1. The highest BCUT2D eigenvalue weighted by Gasteiger charge is 2.14. The molecule has 0 saturated heterocycles. The molecule has 0 unspecified atom stereocenters. The van der Waals surface area contributed by atoms with E-state index in [1.807, 2.05) is 55.9 Å². The molecule has 0 aliphatic rings. The van der Waals surface area contributed by atoms with Crippen molar-refractivity contribution >= 4 is 33.7 Å². The lowest BCUT2D eigenvalue weighted by Crippen LogP contribution is -2.10. The predicted molar refractivity (Wildman–Crippen MR) is 117 cm³/mol. The van der Waals surface area contributed by atoms with Crippen LogP contribution in [0.1, 0.15) is 26.4 Å². The standard InChI is InChI=1S/C21H20N4O2S2/c1-13-4-5-14(2)18(8-13)27-10-15-9-19(28-11-15)20(26)24-21-23-16(12-29-21)17-6-7-22-25(17)3/h4-9,11-12H,10H2,1-3H3,(H,23,24,26). The smallest absolute Gasteiger partial charge is 0.267 e. The summed E-state index contributed by atoms with van der Waals surface area (Å²) in [6.07, 6.45) is 1.72. The zero-order valence-corrected chi connectivity index (χ0v) is 17.9. The van der Waals surface area contributed by atoms with Crippen molar-refractivity contribution in [2.75, 3.05) is 5.32 Å². The first-order valence-corrected chi connectivity index (χ1v) is 10.8. The Hall–Kier alpha value is -2.97. The molecular formula is C21H20N4O2S2. The van der Waals surface area contributed by atoms with Crippen molar-refractivity contribution in [1.82, 2.24) is 14.8 Å². The van der Waals surface area contributed by atoms with Crippen LogP contribution in [-0.2, 0) is 13.7 Å². The van der Waals surface area contributed by atoms with Gasteiger partial charge in [0.2, 0.25) is 0 Å². The van der Waals surface area contributed by atoms with Gasteiger partial charge in [0, 0.05) is 24.2 Å². The molecule has 148 valence electrons. The third kappa shape index (κ3) is 4.38. The lowest BCUT2D eigenvalue weighted by atomic mass is 10.1. The molecule has 0 bridgehead atoms. The zero-order valence-electron chi connectivity index (χ0n) is 16.3. The van der Waals surface area contributed by atoms with Gasteiger partial charge >= 0.3 is 0 Å². The molecule has 4 aromatic rings. The third-order valence-corrected chi connectivity index (χ3v) is 6.16. The summed E-state index contributed by atoms with van der Waals surface area (Å²) < 4.78 is 7.68. The van der Waals surface area contributed by atoms with Gasteiger partial charge in [0.15, 0.2) is 5.13 Å². The summed E-state index contributed by atoms with van der Waals surface area (Å²) in [6.45, 7) is 4.49. The first-order chi connectivity index (χ1) is 14.0. The van der Waals surface area contributed by atoms with Crippen LogP contribution in [0.3, 0.4) is 0 Å². The Bertz CT molecular complexity index is 1160. The first kappa shape index (κ1) is 19.4. The van der Waals surface area contributed by atoms with E-state index in [2.05, 4.69) is 21.5 Å². The lowest BCUT2D eigenvalue weighted by Gasteiger charge is -2.08. The van der Waals surface area contributed by atoms with Crippen LogP contribution in [-0.4, -0.2) is 20.7 Å². The quantitative estimate of drug-likeness (QED) is 0.470. The van der Waals surface area contributed by atoms with E-state index in [1.165, 1.54) is 22.7 Å². The van der Waals surface area contributed by atoms with E-state index >= 15 is 0 Å². The number of rotatable bonds is 6. The van der Waals surface area contributed by atoms with Crippen LogP contribution < -0.4 is 10.1 Å². The van der Waals surface area contributed by atoms with Crippen molar-refractivity contribution in [3.8, 4) is 17.1 Å². The maximum atomic E-state index is 12.6. The number of carbonyl (C=O) groups excluding carboxylic acids is 1. The second kappa shape index (κ2) is 8.18. The Kier molecular flexibility index (Phi) is 5.46. The van der Waals surface area contributed by atoms with Gasteiger partial charge in [0.1, 0.15) is 18.1 Å². The number of aryl methyl sites for hydroxylation is 3. The number of hydrogen-bond acceptors (Lipinski definition) is 6. The number of nitrogens with zero attached hydrogens (tertiary/aromatic N) is 3. The van der Waals surface area contributed by atoms with Crippen molar-refractivity contribution in [3.63, 3.8) is 0 Å². The lowest BCUT2D eigenvalue weighted by molar-refractivity contribution is 0.103. The highest BCUT2D eigenvalue weighted by molar-refractivity contribution is 7.14. The van der Waals surface area contributed by atoms with Crippen LogP contribution in [0, 0.1) is 13.8 Å². The molecular weight excluding hydrogens is 404 g/mol. The molecule has 0 fully saturated rings. The molecule has 29 heavy (non-hydrogen) atoms. The van der Waals surface area contributed by atoms with E-state index in [4.69, 9.17) is 4.74 Å². The number of carbonyl (C=O) groups is 1. The van der Waals surface area contributed by atoms with Gasteiger partial charge in [0.25, 0.3) is 5.91 Å². The van der Waals surface area contributed by atoms with Gasteiger partial charge in [0.05, 0.1) is 10.6 Å². The van der Waals surface area contributed by atoms with Gasteiger partial charge < -0.3 is 4.74 Å². The fraction of sp³-hybridized carbons (Fsp3) is 0.190. The molecule has 0 radical (unpaired) electrons. The minimum atomic E-state index is -0.168. The molecule has 0 atom stereocenters. The predicted octanol–water partition coefficient (Wildman–Crippen LogP) is 5.05. The van der Waals surface area contributed by atoms with Gasteiger partial charge in [-0.2, -0.15) is 5.10 Å². The minimum Gasteiger partial charge on any atom is -0.489 e. The summed E-state index contributed by atoms with van der Waals surface area (Å²) in [4.78, 5) is 17.7. The van der Waals surface area contributed by atoms with Crippen LogP contribution >= 0.6 is 22.7 Å². The molecule has 0 spiro atoms. The molecule has 1 amide bonds.